The average molecular weight is 807 g/mol. The number of rotatable bonds is 2. The van der Waals surface area contributed by atoms with Crippen LogP contribution in [0.3, 0.4) is 0 Å². The molecule has 9 rings (SSSR count). The Hall–Kier alpha value is -5.97. The van der Waals surface area contributed by atoms with E-state index >= 15 is 0 Å². The number of fused-ring (bicyclic) bond motifs is 11. The summed E-state index contributed by atoms with van der Waals surface area (Å²) < 4.78 is 30.5. The molecular weight excluding hydrogens is 761 g/mol. The molecule has 1 unspecified atom stereocenters. The summed E-state index contributed by atoms with van der Waals surface area (Å²) in [6, 6.07) is 1.19. The van der Waals surface area contributed by atoms with Crippen LogP contribution in [0.1, 0.15) is 58.8 Å². The fourth-order valence-electron chi connectivity index (χ4n) is 11.0. The number of alkyl carbamates (subject to hydrolysis) is 1. The van der Waals surface area contributed by atoms with Crippen LogP contribution >= 0.6 is 0 Å². The average Bonchev–Trinajstić information content (AvgIpc) is 3.79. The Labute approximate surface area is 341 Å². The molecule has 8 bridgehead atoms. The van der Waals surface area contributed by atoms with Crippen LogP contribution in [0.15, 0.2) is 17.7 Å². The number of benzene rings is 2. The molecule has 4 amide bonds. The number of ether oxygens (including phenoxy) is 5. The summed E-state index contributed by atoms with van der Waals surface area (Å²) in [5.41, 5.74) is 5.39. The maximum absolute atomic E-state index is 13.8. The first kappa shape index (κ1) is 38.5. The van der Waals surface area contributed by atoms with E-state index in [0.717, 1.165) is 32.7 Å². The van der Waals surface area contributed by atoms with E-state index < -0.39 is 65.9 Å². The Kier molecular flexibility index (Phi) is 9.40. The number of nitrogens with one attached hydrogen (secondary N) is 2. The zero-order chi connectivity index (χ0) is 41.6. The van der Waals surface area contributed by atoms with Gasteiger partial charge in [-0.25, -0.2) is 4.79 Å². The molecule has 2 aromatic rings. The Balaban J connectivity index is 1.21. The number of likely N-dealkylation sites (N-methyl/N-ethyl adjacent to an activating group) is 1. The predicted molar refractivity (Wildman–Crippen MR) is 207 cm³/mol. The van der Waals surface area contributed by atoms with Crippen LogP contribution < -0.4 is 29.6 Å². The number of nitriles is 1. The number of hydrogen-bond acceptors (Lipinski definition) is 13. The third-order valence-corrected chi connectivity index (χ3v) is 13.5. The second-order valence-electron chi connectivity index (χ2n) is 16.5. The highest BCUT2D eigenvalue weighted by molar-refractivity contribution is 6.06. The van der Waals surface area contributed by atoms with Crippen molar-refractivity contribution >= 4 is 23.8 Å². The smallest absolute Gasteiger partial charge is 0.407 e. The van der Waals surface area contributed by atoms with E-state index in [4.69, 9.17) is 30.1 Å². The molecule has 0 spiro atoms. The first-order valence-electron chi connectivity index (χ1n) is 19.9. The van der Waals surface area contributed by atoms with Crippen LogP contribution in [0, 0.1) is 55.3 Å². The number of cyclic esters (lactones) is 1. The van der Waals surface area contributed by atoms with E-state index in [-0.39, 0.29) is 57.2 Å². The monoisotopic (exact) mass is 806 g/mol. The van der Waals surface area contributed by atoms with Gasteiger partial charge in [-0.15, -0.1) is 6.42 Å². The number of terminal acetylenes is 1. The van der Waals surface area contributed by atoms with Gasteiger partial charge in [-0.2, -0.15) is 5.26 Å². The third-order valence-electron chi connectivity index (χ3n) is 13.5. The van der Waals surface area contributed by atoms with Gasteiger partial charge < -0.3 is 39.4 Å². The maximum Gasteiger partial charge on any atom is 0.407 e. The van der Waals surface area contributed by atoms with Crippen molar-refractivity contribution in [3.05, 3.63) is 51.1 Å². The minimum Gasteiger partial charge on any atom is -0.504 e. The molecule has 6 heterocycles. The van der Waals surface area contributed by atoms with Crippen molar-refractivity contribution in [3.63, 3.8) is 0 Å². The minimum atomic E-state index is -1.04. The number of aromatic hydroxyl groups is 1. The highest BCUT2D eigenvalue weighted by Crippen LogP contribution is 2.58. The second-order valence-corrected chi connectivity index (χ2v) is 16.5. The Morgan fingerprint density at radius 1 is 1.02 bits per heavy atom. The van der Waals surface area contributed by atoms with Gasteiger partial charge in [-0.3, -0.25) is 29.1 Å². The quantitative estimate of drug-likeness (QED) is 0.228. The molecule has 2 saturated heterocycles. The Morgan fingerprint density at radius 2 is 1.80 bits per heavy atom. The normalized spacial score (nSPS) is 31.1. The lowest BCUT2D eigenvalue weighted by atomic mass is 9.71. The molecule has 6 aliphatic heterocycles. The molecule has 16 nitrogen and oxygen atoms in total. The minimum absolute atomic E-state index is 0.0219. The number of hydrogen-bond donors (Lipinski definition) is 3. The van der Waals surface area contributed by atoms with E-state index in [2.05, 4.69) is 32.4 Å². The Morgan fingerprint density at radius 3 is 2.54 bits per heavy atom. The molecule has 308 valence electrons. The van der Waals surface area contributed by atoms with E-state index in [1.165, 1.54) is 14.0 Å². The summed E-state index contributed by atoms with van der Waals surface area (Å²) in [4.78, 5) is 59.6. The van der Waals surface area contributed by atoms with Crippen molar-refractivity contribution in [2.45, 2.75) is 76.3 Å². The van der Waals surface area contributed by atoms with Crippen LogP contribution in [-0.2, 0) is 32.0 Å². The maximum atomic E-state index is 13.8. The van der Waals surface area contributed by atoms with E-state index in [1.54, 1.807) is 0 Å². The number of methoxy groups -OCH3 is 1. The van der Waals surface area contributed by atoms with E-state index in [1.807, 2.05) is 33.0 Å². The number of imide groups is 1. The molecule has 1 aliphatic carbocycles. The van der Waals surface area contributed by atoms with Crippen LogP contribution in [0.5, 0.6) is 28.7 Å². The SMILES string of the molecule is C#CCN1C(=O)[C@H]2[C@@H]3C=C(COc4c(C)c5c(c6c4C[C@H]4[C@H]7c8c(cc(C)c(OC)c8O)C[C@@H]([C@H](C#N)N4C6CNC(=O)[C@H](C)NC(=O)OC3)N7C)OCO5)C[C@H]2C1=O. The largest absolute Gasteiger partial charge is 0.504 e. The van der Waals surface area contributed by atoms with Crippen molar-refractivity contribution < 1.29 is 48.0 Å². The lowest BCUT2D eigenvalue weighted by molar-refractivity contribution is -0.139. The zero-order valence-corrected chi connectivity index (χ0v) is 33.5. The van der Waals surface area contributed by atoms with Gasteiger partial charge in [0, 0.05) is 46.8 Å². The molecule has 0 radical (unpaired) electrons. The van der Waals surface area contributed by atoms with Gasteiger partial charge in [0.2, 0.25) is 24.5 Å². The summed E-state index contributed by atoms with van der Waals surface area (Å²) in [5, 5.41) is 28.6. The topological polar surface area (TPSA) is 192 Å². The standard InChI is InChI=1S/C43H46N6O10/c1-7-8-48-41(52)26-11-22-10-24(31(26)42(48)53)17-57-43(54)46-21(4)40(51)45-15-30-33-25(37(56-16-22)20(3)38-39(33)59-18-58-38)13-28-34-32-23(9-19(2)36(55-6)35(32)50)12-27(47(34)5)29(14-44)49(28)30/h1,9-10,21,24,26-31,34,50H,8,11-13,15-18H2,2-6H3,(H,45,51)(H,46,54)/t21-,24+,26+,27-,28-,29-,30?,31-,34-/m0/s1. The lowest BCUT2D eigenvalue weighted by Crippen LogP contribution is -2.69. The number of phenols is 1. The van der Waals surface area contributed by atoms with Gasteiger partial charge in [-0.1, -0.05) is 18.1 Å². The van der Waals surface area contributed by atoms with Crippen molar-refractivity contribution in [3.8, 4) is 47.2 Å². The van der Waals surface area contributed by atoms with Crippen molar-refractivity contribution in [1.29, 1.82) is 5.26 Å². The first-order chi connectivity index (χ1) is 28.4. The van der Waals surface area contributed by atoms with Gasteiger partial charge in [0.1, 0.15) is 31.0 Å². The molecular formula is C43H46N6O10. The van der Waals surface area contributed by atoms with Gasteiger partial charge in [-0.05, 0) is 63.8 Å². The molecule has 16 heteroatoms. The molecule has 2 fully saturated rings. The highest BCUT2D eigenvalue weighted by Gasteiger charge is 2.57. The third kappa shape index (κ3) is 5.79. The molecule has 3 N–H and O–H groups in total. The van der Waals surface area contributed by atoms with Gasteiger partial charge in [0.05, 0.1) is 43.6 Å². The van der Waals surface area contributed by atoms with Crippen molar-refractivity contribution in [2.75, 3.05) is 47.3 Å². The van der Waals surface area contributed by atoms with Crippen LogP contribution in [-0.4, -0.2) is 115 Å². The predicted octanol–water partition coefficient (Wildman–Crippen LogP) is 2.32. The second kappa shape index (κ2) is 14.4. The summed E-state index contributed by atoms with van der Waals surface area (Å²) >= 11 is 0. The number of nitrogens with zero attached hydrogens (tertiary/aromatic N) is 4. The highest BCUT2D eigenvalue weighted by atomic mass is 16.7. The molecule has 9 atom stereocenters. The van der Waals surface area contributed by atoms with Crippen molar-refractivity contribution in [2.24, 2.45) is 17.8 Å². The first-order valence-corrected chi connectivity index (χ1v) is 19.9. The number of carbonyl (C=O) groups excluding carboxylic acids is 4. The zero-order valence-electron chi connectivity index (χ0n) is 33.5. The number of carbonyl (C=O) groups is 4. The van der Waals surface area contributed by atoms with Gasteiger partial charge in [0.25, 0.3) is 0 Å². The van der Waals surface area contributed by atoms with E-state index in [9.17, 15) is 29.5 Å². The van der Waals surface area contributed by atoms with Crippen LogP contribution in [0.4, 0.5) is 4.79 Å². The Bertz CT molecular complexity index is 2310. The summed E-state index contributed by atoms with van der Waals surface area (Å²) in [6.07, 6.45) is 7.59. The molecule has 0 saturated carbocycles. The van der Waals surface area contributed by atoms with Gasteiger partial charge in [0.15, 0.2) is 23.0 Å². The molecule has 0 aromatic heterocycles. The number of phenolic OH excluding ortho intramolecular Hbond substituents is 1. The number of likely N-dealkylation sites (tertiary alicyclic amines) is 1. The summed E-state index contributed by atoms with van der Waals surface area (Å²) in [6.45, 7) is 4.93. The number of amides is 4. The fraction of sp³-hybridized carbons (Fsp3) is 0.512. The molecule has 59 heavy (non-hydrogen) atoms. The summed E-state index contributed by atoms with van der Waals surface area (Å²) in [5.74, 6) is 0.861. The van der Waals surface area contributed by atoms with Gasteiger partial charge >= 0.3 is 6.09 Å². The van der Waals surface area contributed by atoms with E-state index in [0.29, 0.717) is 47.0 Å². The number of piperazine rings is 1. The van der Waals surface area contributed by atoms with Crippen LogP contribution in [0.25, 0.3) is 0 Å². The van der Waals surface area contributed by atoms with Crippen LogP contribution in [0.2, 0.25) is 0 Å². The summed E-state index contributed by atoms with van der Waals surface area (Å²) in [7, 11) is 3.51. The van der Waals surface area contributed by atoms with Crippen molar-refractivity contribution in [1.82, 2.24) is 25.3 Å². The number of aryl methyl sites for hydroxylation is 1. The molecule has 7 aliphatic rings. The fourth-order valence-corrected chi connectivity index (χ4v) is 11.0. The molecule has 2 aromatic carbocycles. The lowest BCUT2D eigenvalue weighted by Gasteiger charge is -2.60.